The molecule has 2 aliphatic heterocycles. The van der Waals surface area contributed by atoms with Gasteiger partial charge in [-0.15, -0.1) is 11.3 Å². The van der Waals surface area contributed by atoms with E-state index in [9.17, 15) is 0 Å². The number of hydrogen-bond acceptors (Lipinski definition) is 5. The van der Waals surface area contributed by atoms with Crippen molar-refractivity contribution in [2.75, 3.05) is 13.2 Å². The van der Waals surface area contributed by atoms with Crippen LogP contribution in [0.2, 0.25) is 0 Å². The Morgan fingerprint density at radius 3 is 3.00 bits per heavy atom. The van der Waals surface area contributed by atoms with E-state index in [1.54, 1.807) is 11.3 Å². The van der Waals surface area contributed by atoms with E-state index in [1.165, 1.54) is 12.8 Å². The lowest BCUT2D eigenvalue weighted by Gasteiger charge is -2.34. The number of thiazole rings is 1. The lowest BCUT2D eigenvalue weighted by Crippen LogP contribution is -2.41. The molecule has 1 radical (unpaired) electrons. The van der Waals surface area contributed by atoms with Crippen molar-refractivity contribution in [3.63, 3.8) is 0 Å². The van der Waals surface area contributed by atoms with E-state index in [0.29, 0.717) is 6.04 Å². The number of rotatable bonds is 5. The molecule has 1 saturated heterocycles. The molecular weight excluding hydrogens is 272 g/mol. The second-order valence-corrected chi connectivity index (χ2v) is 6.16. The lowest BCUT2D eigenvalue weighted by atomic mass is 10.1. The van der Waals surface area contributed by atoms with Gasteiger partial charge in [0.2, 0.25) is 0 Å². The largest absolute Gasteiger partial charge is 0.467 e. The van der Waals surface area contributed by atoms with Gasteiger partial charge >= 0.3 is 0 Å². The van der Waals surface area contributed by atoms with E-state index in [4.69, 9.17) is 9.47 Å². The van der Waals surface area contributed by atoms with Crippen LogP contribution in [0.25, 0.3) is 5.76 Å². The number of aromatic nitrogens is 1. The second kappa shape index (κ2) is 6.59. The Morgan fingerprint density at radius 1 is 1.45 bits per heavy atom. The maximum Gasteiger partial charge on any atom is 0.172 e. The van der Waals surface area contributed by atoms with Crippen LogP contribution in [0.3, 0.4) is 0 Å². The summed E-state index contributed by atoms with van der Waals surface area (Å²) in [6.45, 7) is 3.91. The predicted molar refractivity (Wildman–Crippen MR) is 78.8 cm³/mol. The molecule has 3 rings (SSSR count). The van der Waals surface area contributed by atoms with Crippen molar-refractivity contribution < 1.29 is 9.47 Å². The molecule has 1 fully saturated rings. The second-order valence-electron chi connectivity index (χ2n) is 5.27. The van der Waals surface area contributed by atoms with E-state index < -0.39 is 0 Å². The molecule has 0 aliphatic carbocycles. The maximum absolute atomic E-state index is 6.13. The third kappa shape index (κ3) is 2.99. The normalized spacial score (nSPS) is 23.8. The quantitative estimate of drug-likeness (QED) is 0.834. The van der Waals surface area contributed by atoms with Crippen molar-refractivity contribution in [3.8, 4) is 0 Å². The first-order valence-electron chi connectivity index (χ1n) is 7.43. The zero-order valence-electron chi connectivity index (χ0n) is 11.9. The molecule has 0 aromatic carbocycles. The van der Waals surface area contributed by atoms with Crippen molar-refractivity contribution in [1.29, 1.82) is 0 Å². The highest BCUT2D eigenvalue weighted by Crippen LogP contribution is 2.33. The summed E-state index contributed by atoms with van der Waals surface area (Å²) < 4.78 is 11.6. The van der Waals surface area contributed by atoms with Gasteiger partial charge in [-0.3, -0.25) is 4.98 Å². The number of hydrogen-bond donors (Lipinski definition) is 0. The summed E-state index contributed by atoms with van der Waals surface area (Å²) in [5.74, 6) is 0.861. The van der Waals surface area contributed by atoms with E-state index in [-0.39, 0.29) is 6.23 Å². The molecule has 0 bridgehead atoms. The molecule has 0 N–H and O–H groups in total. The SMILES string of the molecule is CCCCC1OC(c2cncs2)=[C]N1C1CCOCC1. The van der Waals surface area contributed by atoms with Gasteiger partial charge in [0.05, 0.1) is 10.4 Å². The Bertz CT molecular complexity index is 441. The molecule has 0 saturated carbocycles. The predicted octanol–water partition coefficient (Wildman–Crippen LogP) is 3.27. The molecule has 0 amide bonds. The number of nitrogens with zero attached hydrogens (tertiary/aromatic N) is 2. The van der Waals surface area contributed by atoms with Crippen molar-refractivity contribution in [2.24, 2.45) is 0 Å². The summed E-state index contributed by atoms with van der Waals surface area (Å²) >= 11 is 1.61. The fourth-order valence-electron chi connectivity index (χ4n) is 2.72. The van der Waals surface area contributed by atoms with E-state index in [1.807, 2.05) is 11.7 Å². The highest BCUT2D eigenvalue weighted by molar-refractivity contribution is 7.10. The minimum atomic E-state index is 0.134. The molecule has 1 unspecified atom stereocenters. The molecule has 0 spiro atoms. The van der Waals surface area contributed by atoms with Crippen LogP contribution in [0.5, 0.6) is 0 Å². The zero-order chi connectivity index (χ0) is 13.8. The van der Waals surface area contributed by atoms with E-state index in [2.05, 4.69) is 23.0 Å². The third-order valence-electron chi connectivity index (χ3n) is 3.84. The standard InChI is InChI=1S/C15H21N2O2S/c1-2-3-4-15-17(12-5-7-18-8-6-12)10-13(19-15)14-9-16-11-20-14/h9,11-12,15H,2-8H2,1H3. The van der Waals surface area contributed by atoms with Gasteiger partial charge in [-0.2, -0.15) is 0 Å². The summed E-state index contributed by atoms with van der Waals surface area (Å²) in [6, 6.07) is 0.496. The Hall–Kier alpha value is -1.07. The average Bonchev–Trinajstić information content (AvgIpc) is 3.15. The van der Waals surface area contributed by atoms with Crippen molar-refractivity contribution in [1.82, 2.24) is 9.88 Å². The first kappa shape index (κ1) is 13.9. The molecule has 1 atom stereocenters. The van der Waals surface area contributed by atoms with Gasteiger partial charge in [0.15, 0.2) is 12.0 Å². The monoisotopic (exact) mass is 293 g/mol. The van der Waals surface area contributed by atoms with Gasteiger partial charge in [-0.1, -0.05) is 13.3 Å². The minimum Gasteiger partial charge on any atom is -0.467 e. The average molecular weight is 293 g/mol. The Labute approximate surface area is 124 Å². The Morgan fingerprint density at radius 2 is 2.30 bits per heavy atom. The van der Waals surface area contributed by atoms with Crippen LogP contribution in [0.15, 0.2) is 11.7 Å². The van der Waals surface area contributed by atoms with Gasteiger partial charge in [0.25, 0.3) is 0 Å². The lowest BCUT2D eigenvalue weighted by molar-refractivity contribution is -0.0159. The van der Waals surface area contributed by atoms with Crippen molar-refractivity contribution >= 4 is 17.1 Å². The van der Waals surface area contributed by atoms with Crippen LogP contribution in [-0.4, -0.2) is 35.4 Å². The van der Waals surface area contributed by atoms with Crippen LogP contribution < -0.4 is 0 Å². The Kier molecular flexibility index (Phi) is 4.58. The Balaban J connectivity index is 1.74. The molecule has 1 aromatic rings. The summed E-state index contributed by atoms with van der Waals surface area (Å²) in [7, 11) is 0. The van der Waals surface area contributed by atoms with E-state index >= 15 is 0 Å². The molecule has 1 aromatic heterocycles. The molecule has 5 heteroatoms. The zero-order valence-corrected chi connectivity index (χ0v) is 12.7. The fraction of sp³-hybridized carbons (Fsp3) is 0.667. The first-order chi connectivity index (χ1) is 9.88. The molecule has 3 heterocycles. The summed E-state index contributed by atoms with van der Waals surface area (Å²) in [5, 5.41) is 0. The maximum atomic E-state index is 6.13. The van der Waals surface area contributed by atoms with Crippen LogP contribution >= 0.6 is 11.3 Å². The van der Waals surface area contributed by atoms with Crippen LogP contribution in [0, 0.1) is 6.20 Å². The minimum absolute atomic E-state index is 0.134. The summed E-state index contributed by atoms with van der Waals surface area (Å²) in [6.07, 6.45) is 11.0. The summed E-state index contributed by atoms with van der Waals surface area (Å²) in [5.41, 5.74) is 1.84. The number of unbranched alkanes of at least 4 members (excludes halogenated alkanes) is 1. The fourth-order valence-corrected chi connectivity index (χ4v) is 3.27. The van der Waals surface area contributed by atoms with Crippen LogP contribution in [0.1, 0.15) is 43.9 Å². The van der Waals surface area contributed by atoms with E-state index in [0.717, 1.165) is 43.1 Å². The van der Waals surface area contributed by atoms with Crippen LogP contribution in [-0.2, 0) is 9.47 Å². The molecule has 109 valence electrons. The van der Waals surface area contributed by atoms with Crippen molar-refractivity contribution in [2.45, 2.75) is 51.3 Å². The van der Waals surface area contributed by atoms with Gasteiger partial charge in [0.1, 0.15) is 6.20 Å². The molecule has 20 heavy (non-hydrogen) atoms. The van der Waals surface area contributed by atoms with Crippen LogP contribution in [0.4, 0.5) is 0 Å². The first-order valence-corrected chi connectivity index (χ1v) is 8.31. The topological polar surface area (TPSA) is 34.6 Å². The molecule has 4 nitrogen and oxygen atoms in total. The smallest absolute Gasteiger partial charge is 0.172 e. The highest BCUT2D eigenvalue weighted by Gasteiger charge is 2.33. The van der Waals surface area contributed by atoms with Gasteiger partial charge in [-0.25, -0.2) is 0 Å². The molecular formula is C15H21N2O2S. The van der Waals surface area contributed by atoms with Crippen molar-refractivity contribution in [3.05, 3.63) is 22.8 Å². The van der Waals surface area contributed by atoms with Gasteiger partial charge in [-0.05, 0) is 19.3 Å². The highest BCUT2D eigenvalue weighted by atomic mass is 32.1. The van der Waals surface area contributed by atoms with Gasteiger partial charge in [0, 0.05) is 31.9 Å². The third-order valence-corrected chi connectivity index (χ3v) is 4.61. The summed E-state index contributed by atoms with van der Waals surface area (Å²) in [4.78, 5) is 7.50. The number of ether oxygens (including phenoxy) is 2. The molecule has 2 aliphatic rings. The van der Waals surface area contributed by atoms with Gasteiger partial charge < -0.3 is 14.4 Å².